The van der Waals surface area contributed by atoms with E-state index in [1.807, 2.05) is 55.5 Å². The zero-order valence-corrected chi connectivity index (χ0v) is 17.1. The average molecular weight is 404 g/mol. The molecule has 0 aliphatic rings. The predicted molar refractivity (Wildman–Crippen MR) is 118 cm³/mol. The normalized spacial score (nSPS) is 10.7. The Balaban J connectivity index is 1.73. The molecule has 0 spiro atoms. The molecule has 146 valence electrons. The third-order valence-electron chi connectivity index (χ3n) is 4.41. The Morgan fingerprint density at radius 3 is 2.34 bits per heavy atom. The van der Waals surface area contributed by atoms with Crippen LogP contribution in [0, 0.1) is 6.92 Å². The van der Waals surface area contributed by atoms with Gasteiger partial charge in [0.2, 0.25) is 5.91 Å². The average Bonchev–Trinajstić information content (AvgIpc) is 3.13. The molecule has 0 radical (unpaired) electrons. The summed E-state index contributed by atoms with van der Waals surface area (Å²) < 4.78 is 5.27. The molecule has 4 aromatic rings. The van der Waals surface area contributed by atoms with Gasteiger partial charge in [0.15, 0.2) is 0 Å². The summed E-state index contributed by atoms with van der Waals surface area (Å²) in [5.74, 6) is 2.18. The molecule has 0 bridgehead atoms. The molecule has 2 N–H and O–H groups in total. The second kappa shape index (κ2) is 7.89. The molecule has 2 aromatic heterocycles. The van der Waals surface area contributed by atoms with Crippen molar-refractivity contribution in [3.8, 4) is 16.9 Å². The summed E-state index contributed by atoms with van der Waals surface area (Å²) >= 11 is 1.60. The zero-order chi connectivity index (χ0) is 20.4. The number of hydrogen-bond acceptors (Lipinski definition) is 6. The minimum Gasteiger partial charge on any atom is -0.497 e. The summed E-state index contributed by atoms with van der Waals surface area (Å²) in [6, 6.07) is 15.5. The number of nitrogens with one attached hydrogen (secondary N) is 2. The van der Waals surface area contributed by atoms with Gasteiger partial charge in [-0.15, -0.1) is 11.3 Å². The van der Waals surface area contributed by atoms with Crippen LogP contribution in [0.3, 0.4) is 0 Å². The predicted octanol–water partition coefficient (Wildman–Crippen LogP) is 5.38. The second-order valence-electron chi connectivity index (χ2n) is 6.56. The van der Waals surface area contributed by atoms with Gasteiger partial charge < -0.3 is 15.4 Å². The van der Waals surface area contributed by atoms with Crippen LogP contribution < -0.4 is 15.4 Å². The fourth-order valence-corrected chi connectivity index (χ4v) is 4.09. The van der Waals surface area contributed by atoms with Gasteiger partial charge in [0.05, 0.1) is 12.5 Å². The summed E-state index contributed by atoms with van der Waals surface area (Å²) in [5.41, 5.74) is 3.78. The zero-order valence-electron chi connectivity index (χ0n) is 16.3. The van der Waals surface area contributed by atoms with Crippen molar-refractivity contribution in [1.82, 2.24) is 9.97 Å². The first-order chi connectivity index (χ1) is 14.0. The van der Waals surface area contributed by atoms with Gasteiger partial charge in [0.1, 0.15) is 22.2 Å². The van der Waals surface area contributed by atoms with Crippen LogP contribution in [-0.4, -0.2) is 23.0 Å². The maximum Gasteiger partial charge on any atom is 0.221 e. The second-order valence-corrected chi connectivity index (χ2v) is 7.42. The van der Waals surface area contributed by atoms with Gasteiger partial charge >= 0.3 is 0 Å². The molecule has 0 unspecified atom stereocenters. The van der Waals surface area contributed by atoms with Crippen molar-refractivity contribution >= 4 is 44.7 Å². The number of aromatic nitrogens is 2. The minimum absolute atomic E-state index is 0.0961. The standard InChI is InChI=1S/C22H20N4O2S/c1-13-23-21(26-17-8-6-16(7-9-17)25-14(2)27)20-19(12-29-22(20)24-13)15-4-10-18(28-3)11-5-15/h4-12H,1-3H3,(H,25,27)(H,23,24,26). The Morgan fingerprint density at radius 1 is 1.00 bits per heavy atom. The number of rotatable bonds is 5. The van der Waals surface area contributed by atoms with Gasteiger partial charge in [-0.2, -0.15) is 0 Å². The number of thiophene rings is 1. The number of methoxy groups -OCH3 is 1. The lowest BCUT2D eigenvalue weighted by Crippen LogP contribution is -2.05. The van der Waals surface area contributed by atoms with Gasteiger partial charge in [0, 0.05) is 29.2 Å². The lowest BCUT2D eigenvalue weighted by molar-refractivity contribution is -0.114. The molecule has 0 atom stereocenters. The van der Waals surface area contributed by atoms with Crippen molar-refractivity contribution in [3.63, 3.8) is 0 Å². The third kappa shape index (κ3) is 4.05. The van der Waals surface area contributed by atoms with E-state index in [4.69, 9.17) is 4.74 Å². The highest BCUT2D eigenvalue weighted by molar-refractivity contribution is 7.17. The molecule has 0 fully saturated rings. The molecule has 0 aliphatic carbocycles. The quantitative estimate of drug-likeness (QED) is 0.467. The Morgan fingerprint density at radius 2 is 1.69 bits per heavy atom. The van der Waals surface area contributed by atoms with Gasteiger partial charge in [-0.3, -0.25) is 4.79 Å². The van der Waals surface area contributed by atoms with Crippen molar-refractivity contribution in [2.24, 2.45) is 0 Å². The van der Waals surface area contributed by atoms with Crippen LogP contribution >= 0.6 is 11.3 Å². The van der Waals surface area contributed by atoms with Crippen LogP contribution in [0.25, 0.3) is 21.3 Å². The molecular formula is C22H20N4O2S. The molecule has 2 heterocycles. The van der Waals surface area contributed by atoms with Crippen molar-refractivity contribution < 1.29 is 9.53 Å². The monoisotopic (exact) mass is 404 g/mol. The van der Waals surface area contributed by atoms with Crippen molar-refractivity contribution in [2.45, 2.75) is 13.8 Å². The molecule has 7 heteroatoms. The molecule has 0 saturated carbocycles. The van der Waals surface area contributed by atoms with Crippen molar-refractivity contribution in [3.05, 3.63) is 59.7 Å². The highest BCUT2D eigenvalue weighted by Crippen LogP contribution is 2.38. The van der Waals surface area contributed by atoms with E-state index in [1.165, 1.54) is 6.92 Å². The van der Waals surface area contributed by atoms with Crippen LogP contribution in [-0.2, 0) is 4.79 Å². The van der Waals surface area contributed by atoms with Crippen LogP contribution in [0.4, 0.5) is 17.2 Å². The summed E-state index contributed by atoms with van der Waals surface area (Å²) in [4.78, 5) is 21.4. The number of fused-ring (bicyclic) bond motifs is 1. The SMILES string of the molecule is COc1ccc(-c2csc3nc(C)nc(Nc4ccc(NC(C)=O)cc4)c23)cc1. The van der Waals surface area contributed by atoms with Crippen LogP contribution in [0.5, 0.6) is 5.75 Å². The number of ether oxygens (including phenoxy) is 1. The van der Waals surface area contributed by atoms with Crippen LogP contribution in [0.15, 0.2) is 53.9 Å². The van der Waals surface area contributed by atoms with E-state index in [0.717, 1.165) is 44.3 Å². The molecule has 29 heavy (non-hydrogen) atoms. The summed E-state index contributed by atoms with van der Waals surface area (Å²) in [6.45, 7) is 3.38. The maximum absolute atomic E-state index is 11.2. The molecule has 0 saturated heterocycles. The number of carbonyl (C=O) groups excluding carboxylic acids is 1. The van der Waals surface area contributed by atoms with Crippen molar-refractivity contribution in [1.29, 1.82) is 0 Å². The Bertz CT molecular complexity index is 1170. The number of nitrogens with zero attached hydrogens (tertiary/aromatic N) is 2. The number of amides is 1. The Hall–Kier alpha value is -3.45. The van der Waals surface area contributed by atoms with Crippen LogP contribution in [0.2, 0.25) is 0 Å². The third-order valence-corrected chi connectivity index (χ3v) is 5.29. The fraction of sp³-hybridized carbons (Fsp3) is 0.136. The highest BCUT2D eigenvalue weighted by Gasteiger charge is 2.15. The lowest BCUT2D eigenvalue weighted by Gasteiger charge is -2.11. The van der Waals surface area contributed by atoms with Gasteiger partial charge in [-0.1, -0.05) is 12.1 Å². The fourth-order valence-electron chi connectivity index (χ4n) is 3.10. The molecule has 4 rings (SSSR count). The van der Waals surface area contributed by atoms with E-state index in [0.29, 0.717) is 5.82 Å². The first-order valence-electron chi connectivity index (χ1n) is 9.08. The topological polar surface area (TPSA) is 76.1 Å². The van der Waals surface area contributed by atoms with Gasteiger partial charge in [-0.25, -0.2) is 9.97 Å². The summed E-state index contributed by atoms with van der Waals surface area (Å²) in [5, 5.41) is 9.26. The molecule has 1 amide bonds. The largest absolute Gasteiger partial charge is 0.497 e. The molecule has 2 aromatic carbocycles. The number of anilines is 3. The molecule has 0 aliphatic heterocycles. The highest BCUT2D eigenvalue weighted by atomic mass is 32.1. The smallest absolute Gasteiger partial charge is 0.221 e. The summed E-state index contributed by atoms with van der Waals surface area (Å²) in [6.07, 6.45) is 0. The first kappa shape index (κ1) is 18.9. The summed E-state index contributed by atoms with van der Waals surface area (Å²) in [7, 11) is 1.66. The number of hydrogen-bond donors (Lipinski definition) is 2. The van der Waals surface area contributed by atoms with E-state index >= 15 is 0 Å². The number of carbonyl (C=O) groups is 1. The number of aryl methyl sites for hydroxylation is 1. The van der Waals surface area contributed by atoms with E-state index in [-0.39, 0.29) is 5.91 Å². The van der Waals surface area contributed by atoms with E-state index < -0.39 is 0 Å². The Labute approximate surface area is 172 Å². The lowest BCUT2D eigenvalue weighted by atomic mass is 10.1. The van der Waals surface area contributed by atoms with Gasteiger partial charge in [-0.05, 0) is 48.9 Å². The molecular weight excluding hydrogens is 384 g/mol. The first-order valence-corrected chi connectivity index (χ1v) is 9.96. The maximum atomic E-state index is 11.2. The van der Waals surface area contributed by atoms with E-state index in [1.54, 1.807) is 18.4 Å². The Kier molecular flexibility index (Phi) is 5.14. The minimum atomic E-state index is -0.0961. The van der Waals surface area contributed by atoms with Crippen LogP contribution in [0.1, 0.15) is 12.7 Å². The van der Waals surface area contributed by atoms with E-state index in [9.17, 15) is 4.79 Å². The number of benzene rings is 2. The molecule has 6 nitrogen and oxygen atoms in total. The van der Waals surface area contributed by atoms with Crippen molar-refractivity contribution in [2.75, 3.05) is 17.7 Å². The van der Waals surface area contributed by atoms with Gasteiger partial charge in [0.25, 0.3) is 0 Å². The van der Waals surface area contributed by atoms with E-state index in [2.05, 4.69) is 26.0 Å².